The molecular weight excluding hydrogens is 248 g/mol. The number of carboxylic acid groups (broad SMARTS) is 1. The molecule has 2 atom stereocenters. The summed E-state index contributed by atoms with van der Waals surface area (Å²) >= 11 is 0. The maximum absolute atomic E-state index is 13.1. The number of rotatable bonds is 2. The molecule has 0 aromatic rings. The second-order valence-electron chi connectivity index (χ2n) is 5.46. The summed E-state index contributed by atoms with van der Waals surface area (Å²) in [5, 5.41) is 11.0. The second-order valence-corrected chi connectivity index (χ2v) is 5.46. The first kappa shape index (κ1) is 14.7. The Morgan fingerprint density at radius 3 is 2.33 bits per heavy atom. The van der Waals surface area contributed by atoms with E-state index in [4.69, 9.17) is 9.84 Å². The molecule has 0 heterocycles. The third-order valence-electron chi connectivity index (χ3n) is 2.54. The number of halogens is 2. The van der Waals surface area contributed by atoms with E-state index in [-0.39, 0.29) is 0 Å². The third kappa shape index (κ3) is 4.12. The molecule has 0 aromatic heterocycles. The highest BCUT2D eigenvalue weighted by Gasteiger charge is 2.50. The van der Waals surface area contributed by atoms with Gasteiger partial charge in [0, 0.05) is 12.8 Å². The minimum Gasteiger partial charge on any atom is -0.481 e. The number of carbonyl (C=O) groups excluding carboxylic acids is 1. The van der Waals surface area contributed by atoms with E-state index < -0.39 is 48.4 Å². The molecule has 7 heteroatoms. The standard InChI is InChI=1S/C11H17F2NO4/c1-10(2,3)18-9(17)14-7-5-11(12,13)4-6(7)8(15)16/h6-7H,4-5H2,1-3H3,(H,14,17)(H,15,16)/t6-,7-/m1/s1. The molecule has 18 heavy (non-hydrogen) atoms. The molecule has 1 saturated carbocycles. The van der Waals surface area contributed by atoms with Crippen LogP contribution in [0.25, 0.3) is 0 Å². The van der Waals surface area contributed by atoms with E-state index in [9.17, 15) is 18.4 Å². The lowest BCUT2D eigenvalue weighted by atomic mass is 10.0. The number of carbonyl (C=O) groups is 2. The minimum atomic E-state index is -3.07. The van der Waals surface area contributed by atoms with E-state index >= 15 is 0 Å². The summed E-state index contributed by atoms with van der Waals surface area (Å²) in [6.07, 6.45) is -2.32. The van der Waals surface area contributed by atoms with Crippen LogP contribution in [0.3, 0.4) is 0 Å². The molecule has 5 nitrogen and oxygen atoms in total. The van der Waals surface area contributed by atoms with Gasteiger partial charge in [0.2, 0.25) is 0 Å². The SMILES string of the molecule is CC(C)(C)OC(=O)N[C@@H]1CC(F)(F)C[C@H]1C(=O)O. The number of alkyl carbamates (subject to hydrolysis) is 1. The highest BCUT2D eigenvalue weighted by Crippen LogP contribution is 2.39. The number of hydrogen-bond donors (Lipinski definition) is 2. The summed E-state index contributed by atoms with van der Waals surface area (Å²) in [6, 6.07) is -1.10. The van der Waals surface area contributed by atoms with Crippen LogP contribution < -0.4 is 5.32 Å². The molecule has 0 spiro atoms. The quantitative estimate of drug-likeness (QED) is 0.800. The van der Waals surface area contributed by atoms with Crippen LogP contribution in [0.2, 0.25) is 0 Å². The molecule has 1 fully saturated rings. The molecule has 1 amide bonds. The average molecular weight is 265 g/mol. The number of amides is 1. The number of hydrogen-bond acceptors (Lipinski definition) is 3. The van der Waals surface area contributed by atoms with Crippen molar-refractivity contribution in [1.82, 2.24) is 5.32 Å². The van der Waals surface area contributed by atoms with Gasteiger partial charge in [-0.25, -0.2) is 13.6 Å². The van der Waals surface area contributed by atoms with E-state index in [0.29, 0.717) is 0 Å². The van der Waals surface area contributed by atoms with Crippen LogP contribution in [0.1, 0.15) is 33.6 Å². The summed E-state index contributed by atoms with van der Waals surface area (Å²) < 4.78 is 31.2. The first-order valence-electron chi connectivity index (χ1n) is 5.60. The first-order valence-corrected chi connectivity index (χ1v) is 5.60. The molecule has 0 bridgehead atoms. The number of carboxylic acids is 1. The summed E-state index contributed by atoms with van der Waals surface area (Å²) in [7, 11) is 0. The van der Waals surface area contributed by atoms with Crippen molar-refractivity contribution < 1.29 is 28.2 Å². The normalized spacial score (nSPS) is 26.7. The van der Waals surface area contributed by atoms with Gasteiger partial charge in [-0.1, -0.05) is 0 Å². The van der Waals surface area contributed by atoms with Crippen molar-refractivity contribution >= 4 is 12.1 Å². The van der Waals surface area contributed by atoms with Gasteiger partial charge in [0.25, 0.3) is 5.92 Å². The maximum Gasteiger partial charge on any atom is 0.407 e. The van der Waals surface area contributed by atoms with Crippen molar-refractivity contribution in [1.29, 1.82) is 0 Å². The Kier molecular flexibility index (Phi) is 3.83. The van der Waals surface area contributed by atoms with E-state index in [0.717, 1.165) is 0 Å². The molecule has 1 aliphatic rings. The zero-order valence-electron chi connectivity index (χ0n) is 10.5. The van der Waals surface area contributed by atoms with E-state index in [1.165, 1.54) is 0 Å². The Morgan fingerprint density at radius 1 is 1.33 bits per heavy atom. The van der Waals surface area contributed by atoms with Crippen molar-refractivity contribution in [3.05, 3.63) is 0 Å². The van der Waals surface area contributed by atoms with Gasteiger partial charge in [-0.15, -0.1) is 0 Å². The smallest absolute Gasteiger partial charge is 0.407 e. The van der Waals surface area contributed by atoms with Crippen molar-refractivity contribution in [3.63, 3.8) is 0 Å². The Balaban J connectivity index is 2.65. The number of aliphatic carboxylic acids is 1. The van der Waals surface area contributed by atoms with Gasteiger partial charge in [-0.3, -0.25) is 4.79 Å². The molecule has 0 radical (unpaired) electrons. The highest BCUT2D eigenvalue weighted by atomic mass is 19.3. The molecule has 2 N–H and O–H groups in total. The maximum atomic E-state index is 13.1. The van der Waals surface area contributed by atoms with E-state index in [2.05, 4.69) is 5.32 Å². The van der Waals surface area contributed by atoms with Gasteiger partial charge in [0.15, 0.2) is 0 Å². The Morgan fingerprint density at radius 2 is 1.89 bits per heavy atom. The molecule has 0 unspecified atom stereocenters. The monoisotopic (exact) mass is 265 g/mol. The summed E-state index contributed by atoms with van der Waals surface area (Å²) in [6.45, 7) is 4.89. The van der Waals surface area contributed by atoms with Crippen molar-refractivity contribution in [2.75, 3.05) is 0 Å². The van der Waals surface area contributed by atoms with Crippen molar-refractivity contribution in [3.8, 4) is 0 Å². The van der Waals surface area contributed by atoms with Gasteiger partial charge in [0.1, 0.15) is 5.60 Å². The van der Waals surface area contributed by atoms with Crippen molar-refractivity contribution in [2.24, 2.45) is 5.92 Å². The molecule has 104 valence electrons. The van der Waals surface area contributed by atoms with Crippen LogP contribution in [-0.2, 0) is 9.53 Å². The predicted molar refractivity (Wildman–Crippen MR) is 58.5 cm³/mol. The van der Waals surface area contributed by atoms with Crippen LogP contribution >= 0.6 is 0 Å². The summed E-state index contributed by atoms with van der Waals surface area (Å²) in [5.41, 5.74) is -0.760. The van der Waals surface area contributed by atoms with Gasteiger partial charge >= 0.3 is 12.1 Å². The van der Waals surface area contributed by atoms with Crippen LogP contribution in [-0.4, -0.2) is 34.7 Å². The van der Waals surface area contributed by atoms with E-state index in [1.54, 1.807) is 20.8 Å². The van der Waals surface area contributed by atoms with Gasteiger partial charge in [0.05, 0.1) is 12.0 Å². The second kappa shape index (κ2) is 4.70. The molecule has 1 rings (SSSR count). The van der Waals surface area contributed by atoms with Crippen LogP contribution in [0.4, 0.5) is 13.6 Å². The van der Waals surface area contributed by atoms with Crippen LogP contribution in [0.15, 0.2) is 0 Å². The van der Waals surface area contributed by atoms with E-state index in [1.807, 2.05) is 0 Å². The van der Waals surface area contributed by atoms with Crippen LogP contribution in [0, 0.1) is 5.92 Å². The highest BCUT2D eigenvalue weighted by molar-refractivity contribution is 5.74. The van der Waals surface area contributed by atoms with Gasteiger partial charge in [-0.05, 0) is 20.8 Å². The fraction of sp³-hybridized carbons (Fsp3) is 0.818. The van der Waals surface area contributed by atoms with Crippen molar-refractivity contribution in [2.45, 2.75) is 51.2 Å². The zero-order chi connectivity index (χ0) is 14.1. The largest absolute Gasteiger partial charge is 0.481 e. The zero-order valence-corrected chi connectivity index (χ0v) is 10.5. The lowest BCUT2D eigenvalue weighted by Gasteiger charge is -2.23. The Hall–Kier alpha value is -1.40. The number of ether oxygens (including phenoxy) is 1. The minimum absolute atomic E-state index is 0.677. The number of alkyl halides is 2. The number of nitrogens with one attached hydrogen (secondary N) is 1. The predicted octanol–water partition coefficient (Wildman–Crippen LogP) is 2.01. The topological polar surface area (TPSA) is 75.6 Å². The third-order valence-corrected chi connectivity index (χ3v) is 2.54. The molecular formula is C11H17F2NO4. The van der Waals surface area contributed by atoms with Crippen LogP contribution in [0.5, 0.6) is 0 Å². The average Bonchev–Trinajstić information content (AvgIpc) is 2.37. The molecule has 0 aromatic carbocycles. The lowest BCUT2D eigenvalue weighted by molar-refractivity contribution is -0.143. The summed E-state index contributed by atoms with van der Waals surface area (Å²) in [5.74, 6) is -5.69. The Labute approximate surface area is 103 Å². The lowest BCUT2D eigenvalue weighted by Crippen LogP contribution is -2.43. The Bertz CT molecular complexity index is 351. The first-order chi connectivity index (χ1) is 8.00. The fourth-order valence-corrected chi connectivity index (χ4v) is 1.88. The molecule has 0 aliphatic heterocycles. The fourth-order valence-electron chi connectivity index (χ4n) is 1.88. The van der Waals surface area contributed by atoms with Gasteiger partial charge in [-0.2, -0.15) is 0 Å². The summed E-state index contributed by atoms with van der Waals surface area (Å²) in [4.78, 5) is 22.3. The van der Waals surface area contributed by atoms with Gasteiger partial charge < -0.3 is 15.2 Å². The molecule has 0 saturated heterocycles. The molecule has 1 aliphatic carbocycles.